The summed E-state index contributed by atoms with van der Waals surface area (Å²) in [4.78, 5) is 12.4. The molecule has 0 saturated carbocycles. The smallest absolute Gasteiger partial charge is 0.263 e. The Balaban J connectivity index is 2.53. The third-order valence-electron chi connectivity index (χ3n) is 3.38. The average Bonchev–Trinajstić information content (AvgIpc) is 2.81. The molecule has 2 heterocycles. The summed E-state index contributed by atoms with van der Waals surface area (Å²) < 4.78 is 1.74. The minimum Gasteiger partial charge on any atom is -0.283 e. The van der Waals surface area contributed by atoms with Crippen LogP contribution in [0.4, 0.5) is 0 Å². The van der Waals surface area contributed by atoms with Crippen LogP contribution >= 0.6 is 0 Å². The SMILES string of the molecule is O=c1c2ccccc2c2ccc3cccn1c32. The first kappa shape index (κ1) is 8.76. The molecule has 4 rings (SSSR count). The predicted molar refractivity (Wildman–Crippen MR) is 69.9 cm³/mol. The van der Waals surface area contributed by atoms with Gasteiger partial charge in [0.25, 0.3) is 5.56 Å². The summed E-state index contributed by atoms with van der Waals surface area (Å²) in [7, 11) is 0. The molecule has 0 radical (unpaired) electrons. The lowest BCUT2D eigenvalue weighted by Gasteiger charge is -2.05. The fraction of sp³-hybridized carbons (Fsp3) is 0. The van der Waals surface area contributed by atoms with Crippen molar-refractivity contribution >= 4 is 27.1 Å². The molecule has 0 saturated heterocycles. The van der Waals surface area contributed by atoms with Gasteiger partial charge >= 0.3 is 0 Å². The Morgan fingerprint density at radius 3 is 2.47 bits per heavy atom. The van der Waals surface area contributed by atoms with Gasteiger partial charge in [0.05, 0.1) is 5.52 Å². The lowest BCUT2D eigenvalue weighted by Crippen LogP contribution is -2.13. The molecule has 0 aliphatic rings. The second-order valence-electron chi connectivity index (χ2n) is 4.28. The highest BCUT2D eigenvalue weighted by Crippen LogP contribution is 2.27. The Morgan fingerprint density at radius 2 is 1.59 bits per heavy atom. The Labute approximate surface area is 97.1 Å². The Morgan fingerprint density at radius 1 is 0.765 bits per heavy atom. The van der Waals surface area contributed by atoms with Crippen LogP contribution in [0, 0.1) is 0 Å². The van der Waals surface area contributed by atoms with Gasteiger partial charge in [-0.2, -0.15) is 0 Å². The Bertz CT molecular complexity index is 905. The quantitative estimate of drug-likeness (QED) is 0.416. The van der Waals surface area contributed by atoms with E-state index >= 15 is 0 Å². The molecule has 2 aromatic heterocycles. The predicted octanol–water partition coefficient (Wildman–Crippen LogP) is 3.04. The topological polar surface area (TPSA) is 21.5 Å². The highest BCUT2D eigenvalue weighted by atomic mass is 16.1. The first-order valence-corrected chi connectivity index (χ1v) is 5.60. The molecule has 0 fully saturated rings. The number of hydrogen-bond acceptors (Lipinski definition) is 1. The number of benzene rings is 1. The van der Waals surface area contributed by atoms with E-state index in [9.17, 15) is 4.79 Å². The molecule has 2 nitrogen and oxygen atoms in total. The Kier molecular flexibility index (Phi) is 1.47. The largest absolute Gasteiger partial charge is 0.283 e. The molecule has 0 N–H and O–H groups in total. The molecule has 2 aromatic carbocycles. The maximum Gasteiger partial charge on any atom is 0.263 e. The van der Waals surface area contributed by atoms with Crippen LogP contribution in [0.15, 0.2) is 59.5 Å². The number of aromatic nitrogens is 1. The lowest BCUT2D eigenvalue weighted by molar-refractivity contribution is 1.13. The second-order valence-corrected chi connectivity index (χ2v) is 4.28. The third-order valence-corrected chi connectivity index (χ3v) is 3.38. The van der Waals surface area contributed by atoms with Crippen LogP contribution in [0.1, 0.15) is 0 Å². The number of hydrogen-bond donors (Lipinski definition) is 0. The maximum absolute atomic E-state index is 12.4. The van der Waals surface area contributed by atoms with Gasteiger partial charge in [-0.1, -0.05) is 36.4 Å². The van der Waals surface area contributed by atoms with Crippen LogP contribution in [0.3, 0.4) is 0 Å². The van der Waals surface area contributed by atoms with Crippen LogP contribution in [0.2, 0.25) is 0 Å². The zero-order chi connectivity index (χ0) is 11.4. The van der Waals surface area contributed by atoms with Crippen molar-refractivity contribution in [3.05, 3.63) is 65.1 Å². The van der Waals surface area contributed by atoms with Gasteiger partial charge in [0, 0.05) is 17.0 Å². The molecule has 2 heteroatoms. The highest BCUT2D eigenvalue weighted by Gasteiger charge is 2.10. The number of fused-ring (bicyclic) bond motifs is 2. The number of rotatable bonds is 0. The van der Waals surface area contributed by atoms with E-state index in [-0.39, 0.29) is 5.56 Å². The fourth-order valence-corrected chi connectivity index (χ4v) is 2.62. The van der Waals surface area contributed by atoms with Gasteiger partial charge < -0.3 is 0 Å². The molecule has 0 amide bonds. The molecule has 0 aliphatic carbocycles. The fourth-order valence-electron chi connectivity index (χ4n) is 2.62. The molecule has 4 aromatic rings. The summed E-state index contributed by atoms with van der Waals surface area (Å²) >= 11 is 0. The maximum atomic E-state index is 12.4. The van der Waals surface area contributed by atoms with E-state index in [1.807, 2.05) is 42.6 Å². The van der Waals surface area contributed by atoms with Crippen molar-refractivity contribution in [3.8, 4) is 0 Å². The van der Waals surface area contributed by atoms with Gasteiger partial charge in [0.15, 0.2) is 0 Å². The third kappa shape index (κ3) is 0.972. The second kappa shape index (κ2) is 2.86. The summed E-state index contributed by atoms with van der Waals surface area (Å²) in [6.45, 7) is 0. The van der Waals surface area contributed by atoms with Gasteiger partial charge in [-0.15, -0.1) is 0 Å². The molecule has 0 atom stereocenters. The summed E-state index contributed by atoms with van der Waals surface area (Å²) in [5, 5.41) is 4.09. The monoisotopic (exact) mass is 219 g/mol. The van der Waals surface area contributed by atoms with Crippen molar-refractivity contribution in [1.29, 1.82) is 0 Å². The molecular weight excluding hydrogens is 210 g/mol. The molecular formula is C15H9NO. The average molecular weight is 219 g/mol. The van der Waals surface area contributed by atoms with Crippen LogP contribution in [-0.4, -0.2) is 4.40 Å². The molecule has 17 heavy (non-hydrogen) atoms. The molecule has 0 bridgehead atoms. The highest BCUT2D eigenvalue weighted by molar-refractivity contribution is 6.12. The van der Waals surface area contributed by atoms with Gasteiger partial charge in [-0.25, -0.2) is 0 Å². The summed E-state index contributed by atoms with van der Waals surface area (Å²) in [5.41, 5.74) is 1.08. The minimum atomic E-state index is 0.0601. The Hall–Kier alpha value is -2.35. The van der Waals surface area contributed by atoms with E-state index in [0.29, 0.717) is 0 Å². The molecule has 0 spiro atoms. The van der Waals surface area contributed by atoms with Gasteiger partial charge in [-0.05, 0) is 22.9 Å². The standard InChI is InChI=1S/C15H9NO/c17-15-13-6-2-1-5-11(13)12-8-7-10-4-3-9-16(15)14(10)12/h1-9H. The zero-order valence-electron chi connectivity index (χ0n) is 9.05. The molecule has 0 unspecified atom stereocenters. The van der Waals surface area contributed by atoms with Crippen molar-refractivity contribution in [1.82, 2.24) is 4.40 Å². The molecule has 80 valence electrons. The van der Waals surface area contributed by atoms with Crippen LogP contribution in [0.25, 0.3) is 27.1 Å². The van der Waals surface area contributed by atoms with E-state index in [4.69, 9.17) is 0 Å². The first-order valence-electron chi connectivity index (χ1n) is 5.60. The van der Waals surface area contributed by atoms with Crippen molar-refractivity contribution in [2.75, 3.05) is 0 Å². The summed E-state index contributed by atoms with van der Waals surface area (Å²) in [5.74, 6) is 0. The van der Waals surface area contributed by atoms with Gasteiger partial charge in [0.1, 0.15) is 0 Å². The number of nitrogens with zero attached hydrogens (tertiary/aromatic N) is 1. The first-order chi connectivity index (χ1) is 8.36. The lowest BCUT2D eigenvalue weighted by atomic mass is 10.1. The van der Waals surface area contributed by atoms with E-state index in [1.54, 1.807) is 4.40 Å². The van der Waals surface area contributed by atoms with Crippen molar-refractivity contribution < 1.29 is 0 Å². The van der Waals surface area contributed by atoms with Crippen molar-refractivity contribution in [3.63, 3.8) is 0 Å². The van der Waals surface area contributed by atoms with Gasteiger partial charge in [-0.3, -0.25) is 9.20 Å². The zero-order valence-corrected chi connectivity index (χ0v) is 9.05. The van der Waals surface area contributed by atoms with E-state index < -0.39 is 0 Å². The van der Waals surface area contributed by atoms with Crippen molar-refractivity contribution in [2.24, 2.45) is 0 Å². The minimum absolute atomic E-state index is 0.0601. The normalized spacial score (nSPS) is 11.8. The van der Waals surface area contributed by atoms with E-state index in [0.717, 1.165) is 27.1 Å². The van der Waals surface area contributed by atoms with Crippen LogP contribution in [-0.2, 0) is 0 Å². The summed E-state index contributed by atoms with van der Waals surface area (Å²) in [6.07, 6.45) is 1.84. The number of pyridine rings is 2. The van der Waals surface area contributed by atoms with E-state index in [1.165, 1.54) is 0 Å². The van der Waals surface area contributed by atoms with Crippen molar-refractivity contribution in [2.45, 2.75) is 0 Å². The van der Waals surface area contributed by atoms with Crippen LogP contribution < -0.4 is 5.56 Å². The molecule has 0 aliphatic heterocycles. The summed E-state index contributed by atoms with van der Waals surface area (Å²) in [6, 6.07) is 15.9. The van der Waals surface area contributed by atoms with E-state index in [2.05, 4.69) is 12.1 Å². The van der Waals surface area contributed by atoms with Gasteiger partial charge in [0.2, 0.25) is 0 Å². The van der Waals surface area contributed by atoms with Crippen LogP contribution in [0.5, 0.6) is 0 Å².